The Bertz CT molecular complexity index is 357. The average molecular weight is 190 g/mol. The molecule has 0 fully saturated rings. The second-order valence-corrected chi connectivity index (χ2v) is 2.27. The molecule has 0 saturated heterocycles. The Morgan fingerprint density at radius 1 is 1.36 bits per heavy atom. The van der Waals surface area contributed by atoms with Crippen LogP contribution >= 0.6 is 24.0 Å². The molecule has 0 aromatic carbocycles. The topological polar surface area (TPSA) is 30.2 Å². The lowest BCUT2D eigenvalue weighted by Gasteiger charge is -1.92. The van der Waals surface area contributed by atoms with Gasteiger partial charge < -0.3 is 0 Å². The van der Waals surface area contributed by atoms with Gasteiger partial charge in [-0.2, -0.15) is 0 Å². The molecule has 5 heteroatoms. The van der Waals surface area contributed by atoms with Crippen molar-refractivity contribution in [3.8, 4) is 0 Å². The van der Waals surface area contributed by atoms with Crippen molar-refractivity contribution >= 4 is 29.7 Å². The van der Waals surface area contributed by atoms with Gasteiger partial charge in [0, 0.05) is 12.4 Å². The van der Waals surface area contributed by atoms with E-state index < -0.39 is 0 Å². The van der Waals surface area contributed by atoms with E-state index in [1.165, 1.54) is 0 Å². The van der Waals surface area contributed by atoms with Crippen LogP contribution in [0.4, 0.5) is 0 Å². The van der Waals surface area contributed by atoms with Crippen LogP contribution in [0.1, 0.15) is 0 Å². The summed E-state index contributed by atoms with van der Waals surface area (Å²) in [6.07, 6.45) is 6.71. The van der Waals surface area contributed by atoms with Gasteiger partial charge in [-0.3, -0.25) is 9.38 Å². The number of rotatable bonds is 0. The van der Waals surface area contributed by atoms with Gasteiger partial charge in [0.25, 0.3) is 0 Å². The highest BCUT2D eigenvalue weighted by atomic mass is 35.5. The summed E-state index contributed by atoms with van der Waals surface area (Å²) in [5.41, 5.74) is 0.771. The molecule has 2 aromatic heterocycles. The fourth-order valence-electron chi connectivity index (χ4n) is 0.819. The van der Waals surface area contributed by atoms with Crippen LogP contribution in [0.25, 0.3) is 5.65 Å². The van der Waals surface area contributed by atoms with E-state index in [4.69, 9.17) is 11.6 Å². The molecule has 2 rings (SSSR count). The molecule has 0 aliphatic heterocycles. The molecule has 0 amide bonds. The van der Waals surface area contributed by atoms with E-state index in [1.54, 1.807) is 29.2 Å². The third kappa shape index (κ3) is 1.29. The number of halogens is 2. The van der Waals surface area contributed by atoms with Crippen LogP contribution in [0.15, 0.2) is 24.8 Å². The first-order chi connectivity index (χ1) is 4.88. The van der Waals surface area contributed by atoms with Crippen molar-refractivity contribution in [1.29, 1.82) is 0 Å². The summed E-state index contributed by atoms with van der Waals surface area (Å²) < 4.78 is 1.76. The molecule has 0 atom stereocenters. The predicted molar refractivity (Wildman–Crippen MR) is 45.2 cm³/mol. The zero-order valence-corrected chi connectivity index (χ0v) is 7.01. The number of imidazole rings is 1. The second-order valence-electron chi connectivity index (χ2n) is 1.89. The molecule has 11 heavy (non-hydrogen) atoms. The predicted octanol–water partition coefficient (Wildman–Crippen LogP) is 1.80. The minimum Gasteiger partial charge on any atom is -0.288 e. The lowest BCUT2D eigenvalue weighted by Crippen LogP contribution is -1.85. The molecule has 0 aliphatic rings. The molecule has 0 N–H and O–H groups in total. The van der Waals surface area contributed by atoms with Gasteiger partial charge in [0.05, 0.1) is 12.4 Å². The van der Waals surface area contributed by atoms with Gasteiger partial charge in [-0.25, -0.2) is 4.98 Å². The fraction of sp³-hybridized carbons (Fsp3) is 0. The van der Waals surface area contributed by atoms with Crippen LogP contribution in [-0.4, -0.2) is 14.4 Å². The Labute approximate surface area is 74.4 Å². The van der Waals surface area contributed by atoms with Crippen molar-refractivity contribution in [2.24, 2.45) is 0 Å². The largest absolute Gasteiger partial charge is 0.288 e. The standard InChI is InChI=1S/C6H4ClN3.ClH/c7-5-3-8-4-6-9-1-2-10(5)6;/h1-4H;1H. The van der Waals surface area contributed by atoms with Crippen molar-refractivity contribution < 1.29 is 0 Å². The molecule has 0 saturated carbocycles. The van der Waals surface area contributed by atoms with Crippen molar-refractivity contribution in [2.45, 2.75) is 0 Å². The molecule has 3 nitrogen and oxygen atoms in total. The minimum absolute atomic E-state index is 0. The van der Waals surface area contributed by atoms with Crippen molar-refractivity contribution in [2.75, 3.05) is 0 Å². The van der Waals surface area contributed by atoms with Crippen molar-refractivity contribution in [1.82, 2.24) is 14.4 Å². The van der Waals surface area contributed by atoms with Crippen LogP contribution < -0.4 is 0 Å². The number of nitrogens with zero attached hydrogens (tertiary/aromatic N) is 3. The normalized spacial score (nSPS) is 9.55. The quantitative estimate of drug-likeness (QED) is 0.633. The number of fused-ring (bicyclic) bond motifs is 1. The number of hydrogen-bond acceptors (Lipinski definition) is 2. The first-order valence-electron chi connectivity index (χ1n) is 2.80. The summed E-state index contributed by atoms with van der Waals surface area (Å²) in [6.45, 7) is 0. The molecule has 0 bridgehead atoms. The van der Waals surface area contributed by atoms with E-state index >= 15 is 0 Å². The van der Waals surface area contributed by atoms with E-state index in [2.05, 4.69) is 9.97 Å². The maximum Gasteiger partial charge on any atom is 0.156 e. The summed E-state index contributed by atoms with van der Waals surface area (Å²) in [6, 6.07) is 0. The van der Waals surface area contributed by atoms with E-state index in [0.29, 0.717) is 5.15 Å². The molecule has 0 spiro atoms. The highest BCUT2D eigenvalue weighted by molar-refractivity contribution is 6.29. The fourth-order valence-corrected chi connectivity index (χ4v) is 1.02. The third-order valence-electron chi connectivity index (χ3n) is 1.27. The van der Waals surface area contributed by atoms with Gasteiger partial charge in [-0.1, -0.05) is 11.6 Å². The molecule has 58 valence electrons. The summed E-state index contributed by atoms with van der Waals surface area (Å²) in [7, 11) is 0. The van der Waals surface area contributed by atoms with E-state index in [-0.39, 0.29) is 12.4 Å². The number of hydrogen-bond donors (Lipinski definition) is 0. The molecule has 0 radical (unpaired) electrons. The van der Waals surface area contributed by atoms with Crippen LogP contribution in [0, 0.1) is 0 Å². The summed E-state index contributed by atoms with van der Waals surface area (Å²) in [5.74, 6) is 0. The van der Waals surface area contributed by atoms with Crippen LogP contribution in [0.2, 0.25) is 5.15 Å². The van der Waals surface area contributed by atoms with Gasteiger partial charge in [0.15, 0.2) is 5.65 Å². The SMILES string of the molecule is Cl.Clc1cncc2nccn12. The van der Waals surface area contributed by atoms with Crippen LogP contribution in [0.5, 0.6) is 0 Å². The number of aromatic nitrogens is 3. The molecule has 2 heterocycles. The maximum absolute atomic E-state index is 5.76. The zero-order chi connectivity index (χ0) is 6.97. The molecule has 0 aliphatic carbocycles. The van der Waals surface area contributed by atoms with Crippen LogP contribution in [-0.2, 0) is 0 Å². The lowest BCUT2D eigenvalue weighted by atomic mass is 10.7. The van der Waals surface area contributed by atoms with E-state index in [9.17, 15) is 0 Å². The van der Waals surface area contributed by atoms with Gasteiger partial charge >= 0.3 is 0 Å². The highest BCUT2D eigenvalue weighted by Gasteiger charge is 1.95. The van der Waals surface area contributed by atoms with Crippen molar-refractivity contribution in [3.05, 3.63) is 29.9 Å². The molecular formula is C6H5Cl2N3. The summed E-state index contributed by atoms with van der Waals surface area (Å²) >= 11 is 5.76. The molecule has 0 unspecified atom stereocenters. The summed E-state index contributed by atoms with van der Waals surface area (Å²) in [5, 5.41) is 0.579. The molecular weight excluding hydrogens is 185 g/mol. The summed E-state index contributed by atoms with van der Waals surface area (Å²) in [4.78, 5) is 7.86. The highest BCUT2D eigenvalue weighted by Crippen LogP contribution is 2.07. The Morgan fingerprint density at radius 3 is 2.91 bits per heavy atom. The van der Waals surface area contributed by atoms with Gasteiger partial charge in [-0.15, -0.1) is 12.4 Å². The van der Waals surface area contributed by atoms with Gasteiger partial charge in [0.2, 0.25) is 0 Å². The zero-order valence-electron chi connectivity index (χ0n) is 5.44. The average Bonchev–Trinajstić information content (AvgIpc) is 2.36. The van der Waals surface area contributed by atoms with Gasteiger partial charge in [-0.05, 0) is 0 Å². The minimum atomic E-state index is 0. The van der Waals surface area contributed by atoms with E-state index in [1.807, 2.05) is 0 Å². The smallest absolute Gasteiger partial charge is 0.156 e. The lowest BCUT2D eigenvalue weighted by molar-refractivity contribution is 1.13. The maximum atomic E-state index is 5.76. The third-order valence-corrected chi connectivity index (χ3v) is 1.55. The van der Waals surface area contributed by atoms with Crippen molar-refractivity contribution in [3.63, 3.8) is 0 Å². The Balaban J connectivity index is 0.000000605. The van der Waals surface area contributed by atoms with Crippen LogP contribution in [0.3, 0.4) is 0 Å². The van der Waals surface area contributed by atoms with Gasteiger partial charge in [0.1, 0.15) is 5.15 Å². The first-order valence-corrected chi connectivity index (χ1v) is 3.18. The monoisotopic (exact) mass is 189 g/mol. The second kappa shape index (κ2) is 3.07. The Morgan fingerprint density at radius 2 is 2.18 bits per heavy atom. The molecule has 2 aromatic rings. The Kier molecular flexibility index (Phi) is 2.31. The first kappa shape index (κ1) is 8.30. The van der Waals surface area contributed by atoms with E-state index in [0.717, 1.165) is 5.65 Å². The Hall–Kier alpha value is -0.800.